The molecule has 0 saturated heterocycles. The van der Waals surface area contributed by atoms with Crippen molar-refractivity contribution in [2.24, 2.45) is 7.05 Å². The molecule has 7 heteroatoms. The molecule has 1 aromatic carbocycles. The van der Waals surface area contributed by atoms with Crippen molar-refractivity contribution in [2.45, 2.75) is 6.54 Å². The quantitative estimate of drug-likeness (QED) is 0.633. The van der Waals surface area contributed by atoms with Crippen LogP contribution in [0.25, 0.3) is 0 Å². The lowest BCUT2D eigenvalue weighted by molar-refractivity contribution is -0.384. The van der Waals surface area contributed by atoms with Gasteiger partial charge in [-0.1, -0.05) is 18.2 Å². The minimum Gasteiger partial charge on any atom is -0.508 e. The molecule has 0 amide bonds. The van der Waals surface area contributed by atoms with Gasteiger partial charge < -0.3 is 10.4 Å². The van der Waals surface area contributed by atoms with Crippen LogP contribution in [0, 0.1) is 10.1 Å². The Hall–Kier alpha value is -2.57. The molecule has 0 fully saturated rings. The monoisotopic (exact) mass is 248 g/mol. The summed E-state index contributed by atoms with van der Waals surface area (Å²) in [7, 11) is 1.61. The van der Waals surface area contributed by atoms with E-state index in [2.05, 4.69) is 10.4 Å². The molecule has 2 N–H and O–H groups in total. The highest BCUT2D eigenvalue weighted by Crippen LogP contribution is 2.23. The molecule has 94 valence electrons. The third-order valence-corrected chi connectivity index (χ3v) is 2.44. The molecule has 2 rings (SSSR count). The van der Waals surface area contributed by atoms with E-state index in [1.807, 2.05) is 0 Å². The van der Waals surface area contributed by atoms with Gasteiger partial charge in [0, 0.05) is 19.2 Å². The smallest absolute Gasteiger partial charge is 0.330 e. The standard InChI is InChI=1S/C11H12N4O3/c1-14-7-9(15(17)18)11(13-14)12-6-8-4-2-3-5-10(8)16/h2-5,7,16H,6H2,1H3,(H,12,13). The molecule has 0 aliphatic heterocycles. The van der Waals surface area contributed by atoms with Crippen molar-refractivity contribution in [3.8, 4) is 5.75 Å². The maximum Gasteiger partial charge on any atom is 0.330 e. The number of rotatable bonds is 4. The fourth-order valence-electron chi connectivity index (χ4n) is 1.57. The van der Waals surface area contributed by atoms with Gasteiger partial charge in [0.25, 0.3) is 0 Å². The van der Waals surface area contributed by atoms with Gasteiger partial charge >= 0.3 is 5.69 Å². The Morgan fingerprint density at radius 3 is 2.89 bits per heavy atom. The number of para-hydroxylation sites is 1. The Bertz CT molecular complexity index is 579. The normalized spacial score (nSPS) is 10.3. The van der Waals surface area contributed by atoms with Gasteiger partial charge in [-0.3, -0.25) is 14.8 Å². The molecule has 0 bridgehead atoms. The molecule has 1 aromatic heterocycles. The highest BCUT2D eigenvalue weighted by molar-refractivity contribution is 5.55. The highest BCUT2D eigenvalue weighted by atomic mass is 16.6. The van der Waals surface area contributed by atoms with Crippen molar-refractivity contribution in [3.05, 3.63) is 46.1 Å². The second-order valence-electron chi connectivity index (χ2n) is 3.78. The van der Waals surface area contributed by atoms with E-state index < -0.39 is 4.92 Å². The maximum absolute atomic E-state index is 10.8. The van der Waals surface area contributed by atoms with E-state index in [-0.39, 0.29) is 23.8 Å². The summed E-state index contributed by atoms with van der Waals surface area (Å²) in [5.74, 6) is 0.328. The number of hydrogen-bond donors (Lipinski definition) is 2. The summed E-state index contributed by atoms with van der Waals surface area (Å²) in [4.78, 5) is 10.3. The van der Waals surface area contributed by atoms with Crippen LogP contribution in [0.2, 0.25) is 0 Å². The average molecular weight is 248 g/mol. The third-order valence-electron chi connectivity index (χ3n) is 2.44. The first-order valence-corrected chi connectivity index (χ1v) is 5.26. The van der Waals surface area contributed by atoms with Crippen molar-refractivity contribution >= 4 is 11.5 Å². The number of nitrogens with one attached hydrogen (secondary N) is 1. The van der Waals surface area contributed by atoms with E-state index in [1.54, 1.807) is 31.3 Å². The second kappa shape index (κ2) is 4.74. The zero-order valence-electron chi connectivity index (χ0n) is 9.70. The van der Waals surface area contributed by atoms with Crippen LogP contribution in [-0.2, 0) is 13.6 Å². The van der Waals surface area contributed by atoms with Crippen molar-refractivity contribution in [2.75, 3.05) is 5.32 Å². The number of aromatic nitrogens is 2. The van der Waals surface area contributed by atoms with Crippen molar-refractivity contribution < 1.29 is 10.0 Å². The van der Waals surface area contributed by atoms with E-state index in [4.69, 9.17) is 0 Å². The van der Waals surface area contributed by atoms with Crippen LogP contribution in [0.5, 0.6) is 5.75 Å². The lowest BCUT2D eigenvalue weighted by Gasteiger charge is -2.04. The molecule has 2 aromatic rings. The number of aryl methyl sites for hydroxylation is 1. The summed E-state index contributed by atoms with van der Waals surface area (Å²) in [5, 5.41) is 27.1. The lowest BCUT2D eigenvalue weighted by Crippen LogP contribution is -2.02. The van der Waals surface area contributed by atoms with Crippen LogP contribution < -0.4 is 5.32 Å². The van der Waals surface area contributed by atoms with E-state index in [9.17, 15) is 15.2 Å². The molecule has 0 radical (unpaired) electrons. The van der Waals surface area contributed by atoms with E-state index in [0.29, 0.717) is 5.56 Å². The molecule has 0 aliphatic rings. The van der Waals surface area contributed by atoms with Crippen LogP contribution in [0.1, 0.15) is 5.56 Å². The fraction of sp³-hybridized carbons (Fsp3) is 0.182. The molecule has 0 unspecified atom stereocenters. The first-order chi connectivity index (χ1) is 8.58. The van der Waals surface area contributed by atoms with Crippen LogP contribution in [0.4, 0.5) is 11.5 Å². The number of aromatic hydroxyl groups is 1. The summed E-state index contributed by atoms with van der Waals surface area (Å²) >= 11 is 0. The topological polar surface area (TPSA) is 93.2 Å². The number of nitrogens with zero attached hydrogens (tertiary/aromatic N) is 3. The first kappa shape index (κ1) is 11.9. The summed E-state index contributed by atoms with van der Waals surface area (Å²) in [6.07, 6.45) is 1.33. The number of anilines is 1. The number of phenolic OH excluding ortho intramolecular Hbond substituents is 1. The zero-order chi connectivity index (χ0) is 13.1. The predicted octanol–water partition coefficient (Wildman–Crippen LogP) is 1.65. The second-order valence-corrected chi connectivity index (χ2v) is 3.78. The van der Waals surface area contributed by atoms with Crippen molar-refractivity contribution in [3.63, 3.8) is 0 Å². The predicted molar refractivity (Wildman–Crippen MR) is 65.3 cm³/mol. The lowest BCUT2D eigenvalue weighted by atomic mass is 10.2. The molecular formula is C11H12N4O3. The number of nitro groups is 1. The zero-order valence-corrected chi connectivity index (χ0v) is 9.70. The minimum absolute atomic E-state index is 0.0899. The van der Waals surface area contributed by atoms with Gasteiger partial charge in [-0.05, 0) is 6.07 Å². The van der Waals surface area contributed by atoms with Gasteiger partial charge in [0.1, 0.15) is 11.9 Å². The van der Waals surface area contributed by atoms with Crippen molar-refractivity contribution in [1.82, 2.24) is 9.78 Å². The summed E-state index contributed by atoms with van der Waals surface area (Å²) in [6, 6.07) is 6.78. The fourth-order valence-corrected chi connectivity index (χ4v) is 1.57. The number of hydrogen-bond acceptors (Lipinski definition) is 5. The molecular weight excluding hydrogens is 236 g/mol. The van der Waals surface area contributed by atoms with Gasteiger partial charge in [0.2, 0.25) is 5.82 Å². The van der Waals surface area contributed by atoms with Gasteiger partial charge in [0.15, 0.2) is 0 Å². The number of phenols is 1. The van der Waals surface area contributed by atoms with Gasteiger partial charge in [-0.2, -0.15) is 0 Å². The van der Waals surface area contributed by atoms with Crippen LogP contribution >= 0.6 is 0 Å². The van der Waals surface area contributed by atoms with Crippen molar-refractivity contribution in [1.29, 1.82) is 0 Å². The molecule has 7 nitrogen and oxygen atoms in total. The molecule has 0 spiro atoms. The van der Waals surface area contributed by atoms with E-state index in [1.165, 1.54) is 10.9 Å². The maximum atomic E-state index is 10.8. The molecule has 18 heavy (non-hydrogen) atoms. The Labute approximate surface area is 103 Å². The SMILES string of the molecule is Cn1cc([N+](=O)[O-])c(NCc2ccccc2O)n1. The molecule has 0 aliphatic carbocycles. The minimum atomic E-state index is -0.500. The van der Waals surface area contributed by atoms with Gasteiger partial charge in [-0.25, -0.2) is 0 Å². The molecule has 1 heterocycles. The Balaban J connectivity index is 2.16. The summed E-state index contributed by atoms with van der Waals surface area (Å²) < 4.78 is 1.37. The van der Waals surface area contributed by atoms with Crippen LogP contribution in [0.3, 0.4) is 0 Å². The third kappa shape index (κ3) is 2.40. The molecule has 0 atom stereocenters. The van der Waals surface area contributed by atoms with Gasteiger partial charge in [0.05, 0.1) is 4.92 Å². The Morgan fingerprint density at radius 2 is 2.22 bits per heavy atom. The van der Waals surface area contributed by atoms with E-state index >= 15 is 0 Å². The summed E-state index contributed by atoms with van der Waals surface area (Å²) in [6.45, 7) is 0.268. The van der Waals surface area contributed by atoms with Crippen LogP contribution in [0.15, 0.2) is 30.5 Å². The Kier molecular flexibility index (Phi) is 3.13. The Morgan fingerprint density at radius 1 is 1.50 bits per heavy atom. The van der Waals surface area contributed by atoms with Gasteiger partial charge in [-0.15, -0.1) is 5.10 Å². The van der Waals surface area contributed by atoms with E-state index in [0.717, 1.165) is 0 Å². The first-order valence-electron chi connectivity index (χ1n) is 5.26. The van der Waals surface area contributed by atoms with Crippen LogP contribution in [-0.4, -0.2) is 19.8 Å². The molecule has 0 saturated carbocycles. The highest BCUT2D eigenvalue weighted by Gasteiger charge is 2.18. The average Bonchev–Trinajstić information content (AvgIpc) is 2.70. The largest absolute Gasteiger partial charge is 0.508 e. The summed E-state index contributed by atoms with van der Waals surface area (Å²) in [5.41, 5.74) is 0.561. The number of benzene rings is 1.